The third-order valence-corrected chi connectivity index (χ3v) is 3.95. The molecule has 3 unspecified atom stereocenters. The number of nitrogens with two attached hydrogens (primary N) is 1. The molecule has 2 nitrogen and oxygen atoms in total. The molecule has 0 aliphatic heterocycles. The molecule has 0 bridgehead atoms. The molecule has 0 heterocycles. The molecule has 1 aromatic carbocycles. The highest BCUT2D eigenvalue weighted by molar-refractivity contribution is 5.31. The Hall–Kier alpha value is -1.09. The minimum atomic E-state index is -0.328. The molecule has 1 aromatic rings. The lowest BCUT2D eigenvalue weighted by molar-refractivity contribution is 0.348. The fourth-order valence-electron chi connectivity index (χ4n) is 2.84. The molecule has 0 amide bonds. The van der Waals surface area contributed by atoms with Crippen molar-refractivity contribution < 1.29 is 9.13 Å². The van der Waals surface area contributed by atoms with Crippen LogP contribution in [0.5, 0.6) is 5.75 Å². The lowest BCUT2D eigenvalue weighted by atomic mass is 9.86. The fourth-order valence-corrected chi connectivity index (χ4v) is 2.84. The van der Waals surface area contributed by atoms with E-state index in [2.05, 4.69) is 6.92 Å². The third-order valence-electron chi connectivity index (χ3n) is 3.95. The Kier molecular flexibility index (Phi) is 3.67. The van der Waals surface area contributed by atoms with Crippen LogP contribution in [0, 0.1) is 17.7 Å². The van der Waals surface area contributed by atoms with E-state index >= 15 is 0 Å². The molecule has 2 N–H and O–H groups in total. The van der Waals surface area contributed by atoms with Crippen molar-refractivity contribution in [1.82, 2.24) is 0 Å². The maximum absolute atomic E-state index is 13.6. The zero-order valence-corrected chi connectivity index (χ0v) is 10.4. The zero-order valence-electron chi connectivity index (χ0n) is 10.4. The molecule has 0 radical (unpaired) electrons. The van der Waals surface area contributed by atoms with E-state index in [0.29, 0.717) is 11.8 Å². The van der Waals surface area contributed by atoms with Gasteiger partial charge in [0.2, 0.25) is 0 Å². The summed E-state index contributed by atoms with van der Waals surface area (Å²) in [6, 6.07) is 4.98. The topological polar surface area (TPSA) is 35.2 Å². The summed E-state index contributed by atoms with van der Waals surface area (Å²) in [5.41, 5.74) is 7.12. The Morgan fingerprint density at radius 2 is 2.18 bits per heavy atom. The highest BCUT2D eigenvalue weighted by atomic mass is 19.1. The van der Waals surface area contributed by atoms with Gasteiger partial charge < -0.3 is 10.5 Å². The van der Waals surface area contributed by atoms with Crippen molar-refractivity contribution in [3.63, 3.8) is 0 Å². The van der Waals surface area contributed by atoms with Crippen molar-refractivity contribution >= 4 is 0 Å². The predicted octanol–water partition coefficient (Wildman–Crippen LogP) is 3.27. The van der Waals surface area contributed by atoms with Gasteiger partial charge in [0.05, 0.1) is 7.11 Å². The van der Waals surface area contributed by atoms with Crippen LogP contribution in [-0.4, -0.2) is 7.11 Å². The highest BCUT2D eigenvalue weighted by Gasteiger charge is 2.29. The first-order valence-corrected chi connectivity index (χ1v) is 6.22. The number of benzene rings is 1. The van der Waals surface area contributed by atoms with E-state index in [1.807, 2.05) is 6.07 Å². The smallest absolute Gasteiger partial charge is 0.165 e. The summed E-state index contributed by atoms with van der Waals surface area (Å²) in [4.78, 5) is 0. The largest absolute Gasteiger partial charge is 0.494 e. The summed E-state index contributed by atoms with van der Waals surface area (Å²) in [5.74, 6) is 1.06. The number of rotatable bonds is 3. The lowest BCUT2D eigenvalue weighted by Crippen LogP contribution is -2.23. The molecule has 3 heteroatoms. The summed E-state index contributed by atoms with van der Waals surface area (Å²) < 4.78 is 18.5. The van der Waals surface area contributed by atoms with Gasteiger partial charge >= 0.3 is 0 Å². The Labute approximate surface area is 102 Å². The molecule has 2 rings (SSSR count). The molecule has 0 aromatic heterocycles. The molecule has 0 spiro atoms. The quantitative estimate of drug-likeness (QED) is 0.875. The van der Waals surface area contributed by atoms with E-state index in [1.54, 1.807) is 6.07 Å². The van der Waals surface area contributed by atoms with Gasteiger partial charge in [-0.1, -0.05) is 25.8 Å². The van der Waals surface area contributed by atoms with Crippen LogP contribution in [0.1, 0.15) is 37.8 Å². The van der Waals surface area contributed by atoms with Gasteiger partial charge in [0, 0.05) is 6.04 Å². The van der Waals surface area contributed by atoms with E-state index in [-0.39, 0.29) is 17.6 Å². The molecule has 1 saturated carbocycles. The lowest BCUT2D eigenvalue weighted by Gasteiger charge is -2.23. The molecule has 1 aliphatic carbocycles. The minimum Gasteiger partial charge on any atom is -0.494 e. The first-order valence-electron chi connectivity index (χ1n) is 6.22. The molecule has 1 fully saturated rings. The van der Waals surface area contributed by atoms with E-state index < -0.39 is 0 Å². The van der Waals surface area contributed by atoms with Crippen LogP contribution >= 0.6 is 0 Å². The Balaban J connectivity index is 2.19. The van der Waals surface area contributed by atoms with Gasteiger partial charge in [0.25, 0.3) is 0 Å². The van der Waals surface area contributed by atoms with Crippen molar-refractivity contribution in [1.29, 1.82) is 0 Å². The van der Waals surface area contributed by atoms with Gasteiger partial charge in [-0.05, 0) is 36.0 Å². The molecule has 17 heavy (non-hydrogen) atoms. The zero-order chi connectivity index (χ0) is 12.4. The summed E-state index contributed by atoms with van der Waals surface area (Å²) in [6.07, 6.45) is 3.62. The van der Waals surface area contributed by atoms with Gasteiger partial charge in [-0.25, -0.2) is 4.39 Å². The summed E-state index contributed by atoms with van der Waals surface area (Å²) in [7, 11) is 1.47. The van der Waals surface area contributed by atoms with Gasteiger partial charge in [0.1, 0.15) is 0 Å². The van der Waals surface area contributed by atoms with Crippen LogP contribution in [-0.2, 0) is 0 Å². The van der Waals surface area contributed by atoms with Crippen LogP contribution in [0.4, 0.5) is 4.39 Å². The fraction of sp³-hybridized carbons (Fsp3) is 0.571. The Bertz CT molecular complexity index is 394. The molecular formula is C14H20FNO. The van der Waals surface area contributed by atoms with Crippen LogP contribution in [0.3, 0.4) is 0 Å². The van der Waals surface area contributed by atoms with Gasteiger partial charge in [-0.2, -0.15) is 0 Å². The number of ether oxygens (including phenoxy) is 1. The third kappa shape index (κ3) is 2.44. The van der Waals surface area contributed by atoms with Crippen LogP contribution < -0.4 is 10.5 Å². The maximum Gasteiger partial charge on any atom is 0.165 e. The Morgan fingerprint density at radius 3 is 2.71 bits per heavy atom. The van der Waals surface area contributed by atoms with Gasteiger partial charge in [0.15, 0.2) is 11.6 Å². The van der Waals surface area contributed by atoms with Crippen LogP contribution in [0.15, 0.2) is 18.2 Å². The van der Waals surface area contributed by atoms with Crippen molar-refractivity contribution in [2.75, 3.05) is 7.11 Å². The normalized spacial score (nSPS) is 25.9. The predicted molar refractivity (Wildman–Crippen MR) is 66.4 cm³/mol. The summed E-state index contributed by atoms with van der Waals surface area (Å²) in [5, 5.41) is 0. The first kappa shape index (κ1) is 12.4. The molecular weight excluding hydrogens is 217 g/mol. The summed E-state index contributed by atoms with van der Waals surface area (Å²) >= 11 is 0. The van der Waals surface area contributed by atoms with E-state index in [9.17, 15) is 4.39 Å². The van der Waals surface area contributed by atoms with Crippen molar-refractivity contribution in [3.05, 3.63) is 29.6 Å². The maximum atomic E-state index is 13.6. The highest BCUT2D eigenvalue weighted by Crippen LogP contribution is 2.39. The molecule has 1 aliphatic rings. The standard InChI is InChI=1S/C14H20FNO/c1-9-4-3-5-11(9)14(16)10-6-7-13(17-2)12(15)8-10/h6-9,11,14H,3-5,16H2,1-2H3. The average Bonchev–Trinajstić information content (AvgIpc) is 2.74. The van der Waals surface area contributed by atoms with Crippen molar-refractivity contribution in [2.45, 2.75) is 32.2 Å². The number of methoxy groups -OCH3 is 1. The number of hydrogen-bond donors (Lipinski definition) is 1. The average molecular weight is 237 g/mol. The van der Waals surface area contributed by atoms with E-state index in [4.69, 9.17) is 10.5 Å². The number of halogens is 1. The molecule has 0 saturated heterocycles. The Morgan fingerprint density at radius 1 is 1.41 bits per heavy atom. The van der Waals surface area contributed by atoms with Gasteiger partial charge in [-0.15, -0.1) is 0 Å². The molecule has 3 atom stereocenters. The number of hydrogen-bond acceptors (Lipinski definition) is 2. The van der Waals surface area contributed by atoms with Crippen LogP contribution in [0.2, 0.25) is 0 Å². The van der Waals surface area contributed by atoms with E-state index in [1.165, 1.54) is 26.0 Å². The van der Waals surface area contributed by atoms with Crippen LogP contribution in [0.25, 0.3) is 0 Å². The second kappa shape index (κ2) is 5.05. The van der Waals surface area contributed by atoms with Crippen molar-refractivity contribution in [2.24, 2.45) is 17.6 Å². The second-order valence-electron chi connectivity index (χ2n) is 4.99. The SMILES string of the molecule is COc1ccc(C(N)C2CCCC2C)cc1F. The van der Waals surface area contributed by atoms with E-state index in [0.717, 1.165) is 12.0 Å². The minimum absolute atomic E-state index is 0.0621. The van der Waals surface area contributed by atoms with Gasteiger partial charge in [-0.3, -0.25) is 0 Å². The second-order valence-corrected chi connectivity index (χ2v) is 4.99. The van der Waals surface area contributed by atoms with Crippen molar-refractivity contribution in [3.8, 4) is 5.75 Å². The molecule has 94 valence electrons. The monoisotopic (exact) mass is 237 g/mol. The first-order chi connectivity index (χ1) is 8.13. The summed E-state index contributed by atoms with van der Waals surface area (Å²) in [6.45, 7) is 2.23.